The van der Waals surface area contributed by atoms with Crippen molar-refractivity contribution >= 4 is 17.6 Å². The number of carbonyl (C=O) groups excluding carboxylic acids is 2. The number of nitrogens with zero attached hydrogens (tertiary/aromatic N) is 1. The fourth-order valence-electron chi connectivity index (χ4n) is 3.94. The first kappa shape index (κ1) is 19.8. The number of hydrogen-bond acceptors (Lipinski definition) is 5. The van der Waals surface area contributed by atoms with E-state index in [1.165, 1.54) is 11.1 Å². The molecule has 0 spiro atoms. The first-order chi connectivity index (χ1) is 14.6. The highest BCUT2D eigenvalue weighted by molar-refractivity contribution is 6.01. The Labute approximate surface area is 175 Å². The van der Waals surface area contributed by atoms with Gasteiger partial charge >= 0.3 is 6.03 Å². The summed E-state index contributed by atoms with van der Waals surface area (Å²) in [5.74, 6) is 3.40. The van der Waals surface area contributed by atoms with Crippen LogP contribution in [0, 0.1) is 12.3 Å². The molecule has 0 saturated carbocycles. The first-order valence-electron chi connectivity index (χ1n) is 9.90. The molecule has 2 aromatic rings. The lowest BCUT2D eigenvalue weighted by atomic mass is 10.1. The van der Waals surface area contributed by atoms with E-state index in [0.29, 0.717) is 36.9 Å². The molecule has 7 heteroatoms. The fraction of sp³-hybridized carbons (Fsp3) is 0.304. The van der Waals surface area contributed by atoms with Crippen LogP contribution < -0.4 is 20.1 Å². The van der Waals surface area contributed by atoms with Gasteiger partial charge in [0.05, 0.1) is 13.1 Å². The summed E-state index contributed by atoms with van der Waals surface area (Å²) in [7, 11) is 0. The van der Waals surface area contributed by atoms with Crippen LogP contribution in [-0.2, 0) is 11.2 Å². The van der Waals surface area contributed by atoms with Gasteiger partial charge in [-0.15, -0.1) is 6.42 Å². The van der Waals surface area contributed by atoms with Crippen LogP contribution in [0.15, 0.2) is 42.5 Å². The summed E-state index contributed by atoms with van der Waals surface area (Å²) in [6, 6.07) is 12.7. The average Bonchev–Trinajstić information content (AvgIpc) is 3.17. The molecular formula is C23H23N3O4. The minimum atomic E-state index is -0.607. The molecule has 154 valence electrons. The summed E-state index contributed by atoms with van der Waals surface area (Å²) in [4.78, 5) is 26.7. The van der Waals surface area contributed by atoms with E-state index in [1.807, 2.05) is 17.0 Å². The van der Waals surface area contributed by atoms with E-state index in [0.717, 1.165) is 12.8 Å². The van der Waals surface area contributed by atoms with Crippen molar-refractivity contribution in [3.8, 4) is 23.8 Å². The van der Waals surface area contributed by atoms with Crippen LogP contribution >= 0.6 is 0 Å². The number of amides is 3. The van der Waals surface area contributed by atoms with Crippen LogP contribution in [-0.4, -0.2) is 43.1 Å². The van der Waals surface area contributed by atoms with Gasteiger partial charge in [-0.05, 0) is 36.1 Å². The zero-order valence-electron chi connectivity index (χ0n) is 16.5. The summed E-state index contributed by atoms with van der Waals surface area (Å²) in [6.45, 7) is 1.32. The third-order valence-electron chi connectivity index (χ3n) is 5.24. The molecule has 1 heterocycles. The van der Waals surface area contributed by atoms with E-state index in [4.69, 9.17) is 15.9 Å². The van der Waals surface area contributed by atoms with Crippen molar-refractivity contribution in [3.05, 3.63) is 53.6 Å². The van der Waals surface area contributed by atoms with Crippen molar-refractivity contribution < 1.29 is 19.1 Å². The number of fused-ring (bicyclic) bond motifs is 2. The minimum Gasteiger partial charge on any atom is -0.486 e. The Kier molecular flexibility index (Phi) is 5.87. The van der Waals surface area contributed by atoms with Crippen LogP contribution in [0.3, 0.4) is 0 Å². The van der Waals surface area contributed by atoms with Gasteiger partial charge < -0.3 is 14.8 Å². The Morgan fingerprint density at radius 1 is 1.13 bits per heavy atom. The molecule has 0 bridgehead atoms. The monoisotopic (exact) mass is 405 g/mol. The summed E-state index contributed by atoms with van der Waals surface area (Å²) < 4.78 is 11.0. The van der Waals surface area contributed by atoms with Crippen molar-refractivity contribution in [2.45, 2.75) is 18.9 Å². The maximum absolute atomic E-state index is 12.5. The summed E-state index contributed by atoms with van der Waals surface area (Å²) >= 11 is 0. The molecule has 0 saturated heterocycles. The van der Waals surface area contributed by atoms with Crippen LogP contribution in [0.5, 0.6) is 11.5 Å². The summed E-state index contributed by atoms with van der Waals surface area (Å²) in [6.07, 6.45) is 7.38. The molecule has 1 unspecified atom stereocenters. The van der Waals surface area contributed by atoms with Gasteiger partial charge in [-0.25, -0.2) is 4.79 Å². The minimum absolute atomic E-state index is 0.0394. The third-order valence-corrected chi connectivity index (χ3v) is 5.24. The molecule has 30 heavy (non-hydrogen) atoms. The molecule has 1 aliphatic heterocycles. The smallest absolute Gasteiger partial charge is 0.325 e. The van der Waals surface area contributed by atoms with E-state index in [1.54, 1.807) is 18.2 Å². The number of carbonyl (C=O) groups is 2. The summed E-state index contributed by atoms with van der Waals surface area (Å²) in [5.41, 5.74) is 2.98. The van der Waals surface area contributed by atoms with Crippen molar-refractivity contribution in [1.29, 1.82) is 0 Å². The van der Waals surface area contributed by atoms with Gasteiger partial charge in [-0.1, -0.05) is 30.2 Å². The van der Waals surface area contributed by atoms with Gasteiger partial charge in [0.2, 0.25) is 5.91 Å². The maximum Gasteiger partial charge on any atom is 0.325 e. The number of terminal acetylenes is 1. The van der Waals surface area contributed by atoms with E-state index in [9.17, 15) is 9.59 Å². The van der Waals surface area contributed by atoms with Crippen molar-refractivity contribution in [2.24, 2.45) is 0 Å². The van der Waals surface area contributed by atoms with E-state index >= 15 is 0 Å². The highest BCUT2D eigenvalue weighted by Crippen LogP contribution is 2.35. The molecule has 0 aromatic heterocycles. The normalized spacial score (nSPS) is 16.5. The van der Waals surface area contributed by atoms with Crippen molar-refractivity contribution in [3.63, 3.8) is 0 Å². The largest absolute Gasteiger partial charge is 0.486 e. The Balaban J connectivity index is 1.36. The molecule has 2 aliphatic rings. The number of rotatable bonds is 5. The van der Waals surface area contributed by atoms with Crippen LogP contribution in [0.2, 0.25) is 0 Å². The van der Waals surface area contributed by atoms with E-state index in [2.05, 4.69) is 28.7 Å². The van der Waals surface area contributed by atoms with Crippen LogP contribution in [0.4, 0.5) is 10.5 Å². The number of ether oxygens (including phenoxy) is 2. The SMILES string of the molecule is C#CCN(CC(=O)NC(=O)Nc1ccc2c(c1)OCCO2)C1CCc2ccccc21. The highest BCUT2D eigenvalue weighted by Gasteiger charge is 2.28. The van der Waals surface area contributed by atoms with Crippen molar-refractivity contribution in [2.75, 3.05) is 31.6 Å². The fourth-order valence-corrected chi connectivity index (χ4v) is 3.94. The molecule has 2 aromatic carbocycles. The predicted octanol–water partition coefficient (Wildman–Crippen LogP) is 2.73. The number of aryl methyl sites for hydroxylation is 1. The lowest BCUT2D eigenvalue weighted by molar-refractivity contribution is -0.121. The van der Waals surface area contributed by atoms with E-state index < -0.39 is 11.9 Å². The predicted molar refractivity (Wildman–Crippen MR) is 113 cm³/mol. The number of imide groups is 1. The molecule has 4 rings (SSSR count). The Morgan fingerprint density at radius 3 is 2.77 bits per heavy atom. The van der Waals surface area contributed by atoms with E-state index in [-0.39, 0.29) is 12.6 Å². The van der Waals surface area contributed by atoms with Gasteiger partial charge in [-0.3, -0.25) is 15.0 Å². The number of anilines is 1. The van der Waals surface area contributed by atoms with Gasteiger partial charge in [0.25, 0.3) is 0 Å². The molecule has 0 fully saturated rings. The van der Waals surface area contributed by atoms with Gasteiger partial charge in [0.15, 0.2) is 11.5 Å². The molecule has 1 aliphatic carbocycles. The number of nitrogens with one attached hydrogen (secondary N) is 2. The zero-order valence-corrected chi connectivity index (χ0v) is 16.5. The molecule has 2 N–H and O–H groups in total. The molecule has 0 radical (unpaired) electrons. The number of hydrogen-bond donors (Lipinski definition) is 2. The zero-order chi connectivity index (χ0) is 20.9. The lowest BCUT2D eigenvalue weighted by Gasteiger charge is -2.27. The number of benzene rings is 2. The quantitative estimate of drug-likeness (QED) is 0.748. The molecular weight excluding hydrogens is 382 g/mol. The maximum atomic E-state index is 12.5. The van der Waals surface area contributed by atoms with Crippen LogP contribution in [0.25, 0.3) is 0 Å². The summed E-state index contributed by atoms with van der Waals surface area (Å²) in [5, 5.41) is 5.02. The topological polar surface area (TPSA) is 79.9 Å². The van der Waals surface area contributed by atoms with Crippen molar-refractivity contribution in [1.82, 2.24) is 10.2 Å². The highest BCUT2D eigenvalue weighted by atomic mass is 16.6. The first-order valence-corrected chi connectivity index (χ1v) is 9.90. The third kappa shape index (κ3) is 4.39. The second-order valence-electron chi connectivity index (χ2n) is 7.22. The molecule has 1 atom stereocenters. The van der Waals surface area contributed by atoms with Gasteiger partial charge in [0.1, 0.15) is 13.2 Å². The Morgan fingerprint density at radius 2 is 1.93 bits per heavy atom. The molecule has 3 amide bonds. The lowest BCUT2D eigenvalue weighted by Crippen LogP contribution is -2.43. The Hall–Kier alpha value is -3.50. The standard InChI is InChI=1S/C23H23N3O4/c1-2-11-26(19-9-7-16-5-3-4-6-18(16)19)15-22(27)25-23(28)24-17-8-10-20-21(14-17)30-13-12-29-20/h1,3-6,8,10,14,19H,7,9,11-13,15H2,(H2,24,25,27,28). The molecule has 7 nitrogen and oxygen atoms in total. The average molecular weight is 405 g/mol. The van der Waals surface area contributed by atoms with Crippen LogP contribution in [0.1, 0.15) is 23.6 Å². The van der Waals surface area contributed by atoms with Gasteiger partial charge in [-0.2, -0.15) is 0 Å². The Bertz CT molecular complexity index is 998. The number of urea groups is 1. The van der Waals surface area contributed by atoms with Gasteiger partial charge in [0, 0.05) is 17.8 Å². The second kappa shape index (κ2) is 8.89. The second-order valence-corrected chi connectivity index (χ2v) is 7.22.